The molecule has 0 aliphatic rings. The average Bonchev–Trinajstić information content (AvgIpc) is 2.52. The van der Waals surface area contributed by atoms with Crippen molar-refractivity contribution in [3.63, 3.8) is 0 Å². The van der Waals surface area contributed by atoms with Gasteiger partial charge in [0.25, 0.3) is 0 Å². The molecule has 1 aromatic carbocycles. The lowest BCUT2D eigenvalue weighted by Gasteiger charge is -2.11. The van der Waals surface area contributed by atoms with E-state index >= 15 is 0 Å². The van der Waals surface area contributed by atoms with Gasteiger partial charge in [-0.05, 0) is 60.2 Å². The van der Waals surface area contributed by atoms with Crippen LogP contribution < -0.4 is 4.74 Å². The first-order valence-corrected chi connectivity index (χ1v) is 8.46. The summed E-state index contributed by atoms with van der Waals surface area (Å²) in [5, 5.41) is 0. The fourth-order valence-corrected chi connectivity index (χ4v) is 2.44. The van der Waals surface area contributed by atoms with Crippen LogP contribution in [0.15, 0.2) is 29.3 Å². The Bertz CT molecular complexity index is 733. The number of hydrogen-bond acceptors (Lipinski definition) is 3. The van der Waals surface area contributed by atoms with Crippen LogP contribution in [0, 0.1) is 22.1 Å². The van der Waals surface area contributed by atoms with Crippen molar-refractivity contribution in [2.75, 3.05) is 13.6 Å². The molecule has 1 aromatic heterocycles. The molecule has 7 heteroatoms. The van der Waals surface area contributed by atoms with Crippen molar-refractivity contribution in [3.8, 4) is 5.88 Å². The number of hydrogen-bond donors (Lipinski definition) is 0. The number of halogens is 3. The van der Waals surface area contributed by atoms with E-state index in [4.69, 9.17) is 4.74 Å². The third kappa shape index (κ3) is 5.12. The first-order chi connectivity index (χ1) is 11.4. The van der Waals surface area contributed by atoms with E-state index in [9.17, 15) is 8.78 Å². The molecule has 0 atom stereocenters. The summed E-state index contributed by atoms with van der Waals surface area (Å²) < 4.78 is 32.8. The first kappa shape index (κ1) is 18.6. The Labute approximate surface area is 153 Å². The van der Waals surface area contributed by atoms with E-state index in [2.05, 4.69) is 32.6 Å². The van der Waals surface area contributed by atoms with Crippen LogP contribution >= 0.6 is 22.6 Å². The largest absolute Gasteiger partial charge is 0.472 e. The number of rotatable bonds is 6. The van der Waals surface area contributed by atoms with Crippen molar-refractivity contribution < 1.29 is 13.5 Å². The number of ether oxygens (including phenoxy) is 1. The lowest BCUT2D eigenvalue weighted by molar-refractivity contribution is 0.289. The van der Waals surface area contributed by atoms with Gasteiger partial charge in [-0.2, -0.15) is 0 Å². The van der Waals surface area contributed by atoms with Gasteiger partial charge in [-0.3, -0.25) is 0 Å². The molecule has 0 fully saturated rings. The van der Waals surface area contributed by atoms with Crippen LogP contribution in [0.25, 0.3) is 0 Å². The van der Waals surface area contributed by atoms with E-state index in [1.807, 2.05) is 31.9 Å². The Morgan fingerprint density at radius 2 is 1.92 bits per heavy atom. The predicted molar refractivity (Wildman–Crippen MR) is 98.8 cm³/mol. The molecule has 4 nitrogen and oxygen atoms in total. The zero-order chi connectivity index (χ0) is 17.7. The second kappa shape index (κ2) is 8.36. The third-order valence-corrected chi connectivity index (χ3v) is 4.07. The molecular formula is C17H18F2IN3O. The Morgan fingerprint density at radius 3 is 2.54 bits per heavy atom. The number of nitrogens with zero attached hydrogens (tertiary/aromatic N) is 3. The molecule has 2 rings (SSSR count). The molecule has 0 aliphatic heterocycles. The molecule has 0 unspecified atom stereocenters. The smallest absolute Gasteiger partial charge is 0.227 e. The molecule has 0 aliphatic carbocycles. The van der Waals surface area contributed by atoms with Crippen molar-refractivity contribution in [1.82, 2.24) is 9.88 Å². The molecule has 0 saturated carbocycles. The Kier molecular flexibility index (Phi) is 6.47. The highest BCUT2D eigenvalue weighted by Gasteiger charge is 2.09. The zero-order valence-corrected chi connectivity index (χ0v) is 15.8. The minimum atomic E-state index is -0.628. The predicted octanol–water partition coefficient (Wildman–Crippen LogP) is 4.46. The molecule has 2 aromatic rings. The lowest BCUT2D eigenvalue weighted by Crippen LogP contribution is -2.14. The monoisotopic (exact) mass is 445 g/mol. The molecule has 0 amide bonds. The van der Waals surface area contributed by atoms with E-state index in [0.29, 0.717) is 11.4 Å². The summed E-state index contributed by atoms with van der Waals surface area (Å²) in [4.78, 5) is 10.7. The second-order valence-electron chi connectivity index (χ2n) is 5.26. The minimum Gasteiger partial charge on any atom is -0.472 e. The van der Waals surface area contributed by atoms with E-state index in [1.165, 1.54) is 12.1 Å². The van der Waals surface area contributed by atoms with Crippen LogP contribution in [0.2, 0.25) is 0 Å². The van der Waals surface area contributed by atoms with Crippen LogP contribution in [-0.2, 0) is 6.61 Å². The lowest BCUT2D eigenvalue weighted by atomic mass is 10.2. The topological polar surface area (TPSA) is 37.7 Å². The Hall–Kier alpha value is -1.77. The van der Waals surface area contributed by atoms with Crippen molar-refractivity contribution in [2.45, 2.75) is 20.5 Å². The summed E-state index contributed by atoms with van der Waals surface area (Å²) in [6.07, 6.45) is 1.75. The van der Waals surface area contributed by atoms with Crippen LogP contribution in [0.4, 0.5) is 14.5 Å². The van der Waals surface area contributed by atoms with E-state index in [0.717, 1.165) is 27.6 Å². The van der Waals surface area contributed by atoms with E-state index in [-0.39, 0.29) is 6.61 Å². The maximum Gasteiger partial charge on any atom is 0.227 e. The summed E-state index contributed by atoms with van der Waals surface area (Å²) in [6.45, 7) is 4.77. The van der Waals surface area contributed by atoms with Gasteiger partial charge in [-0.25, -0.2) is 18.8 Å². The average molecular weight is 445 g/mol. The molecule has 128 valence electrons. The molecular weight excluding hydrogens is 427 g/mol. The number of aryl methyl sites for hydroxylation is 1. The summed E-state index contributed by atoms with van der Waals surface area (Å²) in [5.41, 5.74) is 1.88. The van der Waals surface area contributed by atoms with Gasteiger partial charge in [0.15, 0.2) is 0 Å². The van der Waals surface area contributed by atoms with Gasteiger partial charge in [0.2, 0.25) is 5.88 Å². The molecule has 0 N–H and O–H groups in total. The van der Waals surface area contributed by atoms with E-state index < -0.39 is 11.6 Å². The van der Waals surface area contributed by atoms with Gasteiger partial charge in [-0.1, -0.05) is 0 Å². The SMILES string of the molecule is CCN(C)/C=N/c1cc(I)c(OCc2cc(F)cc(F)c2)nc1C. The Morgan fingerprint density at radius 1 is 1.25 bits per heavy atom. The van der Waals surface area contributed by atoms with E-state index in [1.54, 1.807) is 6.34 Å². The summed E-state index contributed by atoms with van der Waals surface area (Å²) in [5.74, 6) is -0.838. The highest BCUT2D eigenvalue weighted by Crippen LogP contribution is 2.27. The normalized spacial score (nSPS) is 11.1. The number of aromatic nitrogens is 1. The number of pyridine rings is 1. The summed E-state index contributed by atoms with van der Waals surface area (Å²) >= 11 is 2.10. The molecule has 0 saturated heterocycles. The fourth-order valence-electron chi connectivity index (χ4n) is 1.87. The van der Waals surface area contributed by atoms with Crippen molar-refractivity contribution in [3.05, 3.63) is 50.7 Å². The van der Waals surface area contributed by atoms with Crippen molar-refractivity contribution in [1.29, 1.82) is 0 Å². The van der Waals surface area contributed by atoms with Crippen molar-refractivity contribution in [2.24, 2.45) is 4.99 Å². The van der Waals surface area contributed by atoms with Gasteiger partial charge in [0.05, 0.1) is 21.3 Å². The van der Waals surface area contributed by atoms with Crippen molar-refractivity contribution >= 4 is 34.6 Å². The number of benzene rings is 1. The fraction of sp³-hybridized carbons (Fsp3) is 0.294. The van der Waals surface area contributed by atoms with Gasteiger partial charge in [-0.15, -0.1) is 0 Å². The number of aliphatic imine (C=N–C) groups is 1. The second-order valence-corrected chi connectivity index (χ2v) is 6.43. The standard InChI is InChI=1S/C17H18F2IN3O/c1-4-23(3)10-21-16-8-15(20)17(22-11(16)2)24-9-12-5-13(18)7-14(19)6-12/h5-8,10H,4,9H2,1-3H3/b21-10+. The molecule has 0 bridgehead atoms. The Balaban J connectivity index is 2.14. The maximum atomic E-state index is 13.2. The minimum absolute atomic E-state index is 0.0400. The van der Waals surface area contributed by atoms with Crippen LogP contribution in [0.1, 0.15) is 18.2 Å². The summed E-state index contributed by atoms with van der Waals surface area (Å²) in [6, 6.07) is 5.17. The molecule has 0 spiro atoms. The maximum absolute atomic E-state index is 13.2. The van der Waals surface area contributed by atoms with Gasteiger partial charge < -0.3 is 9.64 Å². The first-order valence-electron chi connectivity index (χ1n) is 7.38. The summed E-state index contributed by atoms with van der Waals surface area (Å²) in [7, 11) is 1.94. The van der Waals surface area contributed by atoms with Gasteiger partial charge in [0.1, 0.15) is 18.2 Å². The third-order valence-electron chi connectivity index (χ3n) is 3.30. The molecule has 1 heterocycles. The molecule has 0 radical (unpaired) electrons. The highest BCUT2D eigenvalue weighted by molar-refractivity contribution is 14.1. The quantitative estimate of drug-likeness (QED) is 0.375. The highest BCUT2D eigenvalue weighted by atomic mass is 127. The van der Waals surface area contributed by atoms with Gasteiger partial charge >= 0.3 is 0 Å². The van der Waals surface area contributed by atoms with Crippen LogP contribution in [-0.4, -0.2) is 29.8 Å². The van der Waals surface area contributed by atoms with Crippen LogP contribution in [0.5, 0.6) is 5.88 Å². The van der Waals surface area contributed by atoms with Crippen LogP contribution in [0.3, 0.4) is 0 Å². The van der Waals surface area contributed by atoms with Gasteiger partial charge in [0, 0.05) is 19.7 Å². The molecule has 24 heavy (non-hydrogen) atoms. The zero-order valence-electron chi connectivity index (χ0n) is 13.7.